The molecule has 0 aliphatic carbocycles. The Bertz CT molecular complexity index is 158. The number of hydrogen-bond donors (Lipinski definition) is 0. The molecule has 0 aromatic rings. The van der Waals surface area contributed by atoms with Crippen LogP contribution in [-0.2, 0) is 0 Å². The predicted molar refractivity (Wildman–Crippen MR) is 78.5 cm³/mol. The topological polar surface area (TPSA) is 14.1 Å². The first-order valence-corrected chi connectivity index (χ1v) is 7.58. The van der Waals surface area contributed by atoms with E-state index < -0.39 is 0 Å². The smallest absolute Gasteiger partial charge is 0.0138 e. The van der Waals surface area contributed by atoms with Gasteiger partial charge in [0.15, 0.2) is 0 Å². The van der Waals surface area contributed by atoms with Crippen LogP contribution in [0.3, 0.4) is 0 Å². The Morgan fingerprint density at radius 2 is 0.941 bits per heavy atom. The summed E-state index contributed by atoms with van der Waals surface area (Å²) in [5.74, 6) is 0. The van der Waals surface area contributed by atoms with E-state index in [9.17, 15) is 0 Å². The van der Waals surface area contributed by atoms with Crippen molar-refractivity contribution in [3.05, 3.63) is 0 Å². The molecule has 17 heavy (non-hydrogen) atoms. The molecule has 103 valence electrons. The molecule has 1 nitrogen and oxygen atoms in total. The van der Waals surface area contributed by atoms with Crippen LogP contribution >= 0.6 is 0 Å². The molecule has 0 N–H and O–H groups in total. The zero-order valence-corrected chi connectivity index (χ0v) is 13.1. The highest BCUT2D eigenvalue weighted by atomic mass is 14.8. The van der Waals surface area contributed by atoms with Gasteiger partial charge in [-0.3, -0.25) is 0 Å². The maximum absolute atomic E-state index is 4.73. The van der Waals surface area contributed by atoms with Gasteiger partial charge in [0.1, 0.15) is 0 Å². The first-order chi connectivity index (χ1) is 7.95. The van der Waals surface area contributed by atoms with Crippen LogP contribution in [0, 0.1) is 10.8 Å². The standard InChI is InChI=1S/C16H34N/c1-7-15(5,8-2)11-13-17-14-12-16(6,9-3)10-4/h7-14H2,1-6H3. The Labute approximate surface area is 110 Å². The van der Waals surface area contributed by atoms with Crippen molar-refractivity contribution in [2.45, 2.75) is 80.1 Å². The van der Waals surface area contributed by atoms with Gasteiger partial charge in [-0.15, -0.1) is 0 Å². The zero-order valence-electron chi connectivity index (χ0n) is 13.1. The lowest BCUT2D eigenvalue weighted by Crippen LogP contribution is -2.23. The minimum absolute atomic E-state index is 0.516. The molecule has 0 saturated heterocycles. The minimum Gasteiger partial charge on any atom is -0.242 e. The van der Waals surface area contributed by atoms with Gasteiger partial charge in [-0.2, -0.15) is 0 Å². The van der Waals surface area contributed by atoms with E-state index in [1.807, 2.05) is 0 Å². The lowest BCUT2D eigenvalue weighted by Gasteiger charge is -2.28. The SMILES string of the molecule is CCC(C)(CC)CC[N]CCC(C)(CC)CC. The van der Waals surface area contributed by atoms with Crippen molar-refractivity contribution < 1.29 is 0 Å². The van der Waals surface area contributed by atoms with E-state index in [1.54, 1.807) is 0 Å². The van der Waals surface area contributed by atoms with E-state index in [0.717, 1.165) is 13.1 Å². The molecule has 0 aliphatic rings. The average Bonchev–Trinajstić information content (AvgIpc) is 2.37. The fourth-order valence-electron chi connectivity index (χ4n) is 2.02. The Morgan fingerprint density at radius 1 is 0.647 bits per heavy atom. The van der Waals surface area contributed by atoms with Crippen LogP contribution in [0.15, 0.2) is 0 Å². The highest BCUT2D eigenvalue weighted by Crippen LogP contribution is 2.30. The highest BCUT2D eigenvalue weighted by Gasteiger charge is 2.20. The molecule has 0 fully saturated rings. The average molecular weight is 240 g/mol. The number of rotatable bonds is 10. The lowest BCUT2D eigenvalue weighted by atomic mass is 9.81. The van der Waals surface area contributed by atoms with E-state index in [2.05, 4.69) is 41.5 Å². The molecule has 0 spiro atoms. The molecule has 0 unspecified atom stereocenters. The quantitative estimate of drug-likeness (QED) is 0.476. The largest absolute Gasteiger partial charge is 0.242 e. The molecule has 0 heterocycles. The Hall–Kier alpha value is -0.0400. The summed E-state index contributed by atoms with van der Waals surface area (Å²) in [5, 5.41) is 4.73. The van der Waals surface area contributed by atoms with Gasteiger partial charge in [0.2, 0.25) is 0 Å². The van der Waals surface area contributed by atoms with Crippen molar-refractivity contribution in [2.75, 3.05) is 13.1 Å². The maximum atomic E-state index is 4.73. The van der Waals surface area contributed by atoms with Crippen molar-refractivity contribution in [1.82, 2.24) is 5.32 Å². The van der Waals surface area contributed by atoms with Gasteiger partial charge in [-0.1, -0.05) is 67.2 Å². The van der Waals surface area contributed by atoms with E-state index in [0.29, 0.717) is 10.8 Å². The molecular formula is C16H34N. The Balaban J connectivity index is 3.72. The van der Waals surface area contributed by atoms with Gasteiger partial charge >= 0.3 is 0 Å². The van der Waals surface area contributed by atoms with Crippen LogP contribution in [0.5, 0.6) is 0 Å². The fourth-order valence-corrected chi connectivity index (χ4v) is 2.02. The molecule has 1 radical (unpaired) electrons. The Morgan fingerprint density at radius 3 is 1.18 bits per heavy atom. The molecule has 0 atom stereocenters. The summed E-state index contributed by atoms with van der Waals surface area (Å²) in [6, 6.07) is 0. The van der Waals surface area contributed by atoms with Gasteiger partial charge in [-0.25, -0.2) is 5.32 Å². The summed E-state index contributed by atoms with van der Waals surface area (Å²) < 4.78 is 0. The molecule has 0 aliphatic heterocycles. The molecule has 0 aromatic carbocycles. The second kappa shape index (κ2) is 8.13. The molecule has 0 saturated carbocycles. The van der Waals surface area contributed by atoms with Crippen LogP contribution in [0.2, 0.25) is 0 Å². The normalized spacial score (nSPS) is 13.1. The van der Waals surface area contributed by atoms with Gasteiger partial charge < -0.3 is 0 Å². The van der Waals surface area contributed by atoms with Crippen molar-refractivity contribution in [3.63, 3.8) is 0 Å². The van der Waals surface area contributed by atoms with Crippen molar-refractivity contribution in [3.8, 4) is 0 Å². The van der Waals surface area contributed by atoms with Crippen LogP contribution < -0.4 is 5.32 Å². The van der Waals surface area contributed by atoms with Crippen LogP contribution in [0.4, 0.5) is 0 Å². The van der Waals surface area contributed by atoms with Gasteiger partial charge in [0, 0.05) is 13.1 Å². The molecule has 0 rings (SSSR count). The monoisotopic (exact) mass is 240 g/mol. The summed E-state index contributed by atoms with van der Waals surface area (Å²) >= 11 is 0. The number of hydrogen-bond acceptors (Lipinski definition) is 0. The molecule has 0 amide bonds. The summed E-state index contributed by atoms with van der Waals surface area (Å²) in [6.45, 7) is 16.1. The zero-order chi connectivity index (χ0) is 13.4. The van der Waals surface area contributed by atoms with E-state index in [1.165, 1.54) is 38.5 Å². The second-order valence-corrected chi connectivity index (χ2v) is 6.21. The maximum Gasteiger partial charge on any atom is 0.0138 e. The van der Waals surface area contributed by atoms with Gasteiger partial charge in [0.05, 0.1) is 0 Å². The van der Waals surface area contributed by atoms with Crippen LogP contribution in [0.1, 0.15) is 80.1 Å². The lowest BCUT2D eigenvalue weighted by molar-refractivity contribution is 0.249. The van der Waals surface area contributed by atoms with E-state index in [4.69, 9.17) is 5.32 Å². The summed E-state index contributed by atoms with van der Waals surface area (Å²) in [6.07, 6.45) is 7.63. The van der Waals surface area contributed by atoms with Crippen molar-refractivity contribution in [2.24, 2.45) is 10.8 Å². The third kappa shape index (κ3) is 6.45. The Kier molecular flexibility index (Phi) is 8.11. The van der Waals surface area contributed by atoms with Gasteiger partial charge in [0.25, 0.3) is 0 Å². The fraction of sp³-hybridized carbons (Fsp3) is 1.00. The molecule has 1 heteroatoms. The van der Waals surface area contributed by atoms with Crippen LogP contribution in [-0.4, -0.2) is 13.1 Å². The van der Waals surface area contributed by atoms with Crippen LogP contribution in [0.25, 0.3) is 0 Å². The van der Waals surface area contributed by atoms with E-state index in [-0.39, 0.29) is 0 Å². The summed E-state index contributed by atoms with van der Waals surface area (Å²) in [5.41, 5.74) is 1.03. The van der Waals surface area contributed by atoms with Crippen molar-refractivity contribution in [1.29, 1.82) is 0 Å². The third-order valence-corrected chi connectivity index (χ3v) is 5.16. The highest BCUT2D eigenvalue weighted by molar-refractivity contribution is 4.74. The van der Waals surface area contributed by atoms with E-state index >= 15 is 0 Å². The van der Waals surface area contributed by atoms with Gasteiger partial charge in [-0.05, 0) is 23.7 Å². The summed E-state index contributed by atoms with van der Waals surface area (Å²) in [4.78, 5) is 0. The minimum atomic E-state index is 0.516. The molecule has 0 aromatic heterocycles. The molecule has 0 bridgehead atoms. The van der Waals surface area contributed by atoms with Crippen molar-refractivity contribution >= 4 is 0 Å². The first kappa shape index (κ1) is 17.0. The molecular weight excluding hydrogens is 206 g/mol. The second-order valence-electron chi connectivity index (χ2n) is 6.21. The first-order valence-electron chi connectivity index (χ1n) is 7.58. The number of nitrogens with zero attached hydrogens (tertiary/aromatic N) is 1. The summed E-state index contributed by atoms with van der Waals surface area (Å²) in [7, 11) is 0. The predicted octanol–water partition coefficient (Wildman–Crippen LogP) is 5.02. The third-order valence-electron chi connectivity index (χ3n) is 5.16.